The topological polar surface area (TPSA) is 69.7 Å². The highest BCUT2D eigenvalue weighted by atomic mass is 32.2. The minimum Gasteiger partial charge on any atom is -0.324 e. The maximum atomic E-state index is 12.6. The second-order valence-corrected chi connectivity index (χ2v) is 9.96. The van der Waals surface area contributed by atoms with Crippen LogP contribution in [0.3, 0.4) is 0 Å². The van der Waals surface area contributed by atoms with E-state index in [1.165, 1.54) is 9.71 Å². The summed E-state index contributed by atoms with van der Waals surface area (Å²) in [5.41, 5.74) is 1.62. The fourth-order valence-electron chi connectivity index (χ4n) is 3.19. The standard InChI is InChI=1S/C23H27N3O3S2/c1-2-17-30-22-11-7-6-10-21(22)24-23(27)19-25-13-15-26(16-14-25)31(28,29)18-12-20-8-4-3-5-9-20/h2-12,18H,1,13-17,19H2,(H,24,27)/b18-12+. The number of para-hydroxylation sites is 1. The van der Waals surface area contributed by atoms with Gasteiger partial charge in [0.15, 0.2) is 0 Å². The second-order valence-electron chi connectivity index (χ2n) is 7.08. The zero-order valence-electron chi connectivity index (χ0n) is 17.3. The number of rotatable bonds is 9. The van der Waals surface area contributed by atoms with E-state index in [1.54, 1.807) is 17.8 Å². The van der Waals surface area contributed by atoms with E-state index < -0.39 is 10.0 Å². The molecule has 8 heteroatoms. The van der Waals surface area contributed by atoms with Crippen molar-refractivity contribution in [3.05, 3.63) is 78.2 Å². The molecule has 1 N–H and O–H groups in total. The molecule has 0 unspecified atom stereocenters. The molecule has 1 fully saturated rings. The maximum Gasteiger partial charge on any atom is 0.238 e. The minimum absolute atomic E-state index is 0.105. The molecule has 0 radical (unpaired) electrons. The average molecular weight is 458 g/mol. The highest BCUT2D eigenvalue weighted by molar-refractivity contribution is 7.99. The van der Waals surface area contributed by atoms with Crippen molar-refractivity contribution in [2.24, 2.45) is 0 Å². The normalized spacial score (nSPS) is 15.7. The van der Waals surface area contributed by atoms with Gasteiger partial charge in [0.2, 0.25) is 15.9 Å². The fraction of sp³-hybridized carbons (Fsp3) is 0.261. The van der Waals surface area contributed by atoms with Gasteiger partial charge in [-0.2, -0.15) is 4.31 Å². The van der Waals surface area contributed by atoms with Crippen LogP contribution < -0.4 is 5.32 Å². The van der Waals surface area contributed by atoms with Crippen LogP contribution in [0.4, 0.5) is 5.69 Å². The van der Waals surface area contributed by atoms with Gasteiger partial charge in [0.1, 0.15) is 0 Å². The molecular formula is C23H27N3O3S2. The SMILES string of the molecule is C=CCSc1ccccc1NC(=O)CN1CCN(S(=O)(=O)/C=C/c2ccccc2)CC1. The van der Waals surface area contributed by atoms with Gasteiger partial charge in [0.05, 0.1) is 12.2 Å². The zero-order valence-corrected chi connectivity index (χ0v) is 18.9. The van der Waals surface area contributed by atoms with Crippen molar-refractivity contribution in [1.29, 1.82) is 0 Å². The van der Waals surface area contributed by atoms with Gasteiger partial charge in [-0.15, -0.1) is 18.3 Å². The Morgan fingerprint density at radius 3 is 2.42 bits per heavy atom. The van der Waals surface area contributed by atoms with Crippen molar-refractivity contribution in [3.63, 3.8) is 0 Å². The lowest BCUT2D eigenvalue weighted by Gasteiger charge is -2.32. The van der Waals surface area contributed by atoms with Crippen molar-refractivity contribution in [3.8, 4) is 0 Å². The van der Waals surface area contributed by atoms with Gasteiger partial charge in [0.25, 0.3) is 0 Å². The lowest BCUT2D eigenvalue weighted by molar-refractivity contribution is -0.117. The molecule has 1 amide bonds. The first-order valence-electron chi connectivity index (χ1n) is 10.1. The summed E-state index contributed by atoms with van der Waals surface area (Å²) in [5, 5.41) is 4.22. The molecule has 1 aliphatic heterocycles. The Balaban J connectivity index is 1.50. The summed E-state index contributed by atoms with van der Waals surface area (Å²) in [6.45, 7) is 5.71. The molecule has 0 saturated carbocycles. The Morgan fingerprint density at radius 2 is 1.71 bits per heavy atom. The van der Waals surface area contributed by atoms with Crippen LogP contribution in [0.25, 0.3) is 6.08 Å². The summed E-state index contributed by atoms with van der Waals surface area (Å²) in [7, 11) is -3.48. The number of benzene rings is 2. The van der Waals surface area contributed by atoms with Crippen LogP contribution in [0.15, 0.2) is 77.6 Å². The van der Waals surface area contributed by atoms with Gasteiger partial charge < -0.3 is 5.32 Å². The highest BCUT2D eigenvalue weighted by Gasteiger charge is 2.26. The number of sulfonamides is 1. The number of hydrogen-bond donors (Lipinski definition) is 1. The number of carbonyl (C=O) groups excluding carboxylic acids is 1. The van der Waals surface area contributed by atoms with Crippen LogP contribution in [0.5, 0.6) is 0 Å². The first kappa shape index (κ1) is 23.3. The molecule has 1 saturated heterocycles. The van der Waals surface area contributed by atoms with Gasteiger partial charge >= 0.3 is 0 Å². The van der Waals surface area contributed by atoms with Crippen LogP contribution in [0.2, 0.25) is 0 Å². The van der Waals surface area contributed by atoms with Crippen LogP contribution in [-0.2, 0) is 14.8 Å². The number of nitrogens with one attached hydrogen (secondary N) is 1. The fourth-order valence-corrected chi connectivity index (χ4v) is 5.11. The third-order valence-electron chi connectivity index (χ3n) is 4.81. The van der Waals surface area contributed by atoms with Gasteiger partial charge in [-0.3, -0.25) is 9.69 Å². The predicted molar refractivity (Wildman–Crippen MR) is 128 cm³/mol. The predicted octanol–water partition coefficient (Wildman–Crippen LogP) is 3.52. The molecule has 31 heavy (non-hydrogen) atoms. The second kappa shape index (κ2) is 11.3. The first-order valence-corrected chi connectivity index (χ1v) is 12.5. The Kier molecular flexibility index (Phi) is 8.48. The summed E-state index contributed by atoms with van der Waals surface area (Å²) in [5.74, 6) is 0.661. The van der Waals surface area contributed by atoms with E-state index in [2.05, 4.69) is 11.9 Å². The van der Waals surface area contributed by atoms with E-state index in [0.29, 0.717) is 26.2 Å². The molecule has 2 aromatic carbocycles. The third kappa shape index (κ3) is 7.07. The van der Waals surface area contributed by atoms with E-state index in [9.17, 15) is 13.2 Å². The zero-order chi connectivity index (χ0) is 22.1. The quantitative estimate of drug-likeness (QED) is 0.461. The van der Waals surface area contributed by atoms with E-state index in [0.717, 1.165) is 21.9 Å². The van der Waals surface area contributed by atoms with Crippen molar-refractivity contribution in [2.75, 3.05) is 43.8 Å². The monoisotopic (exact) mass is 457 g/mol. The van der Waals surface area contributed by atoms with Crippen molar-refractivity contribution >= 4 is 39.5 Å². The average Bonchev–Trinajstić information content (AvgIpc) is 2.78. The molecule has 0 spiro atoms. The highest BCUT2D eigenvalue weighted by Crippen LogP contribution is 2.27. The Hall–Kier alpha value is -2.39. The summed E-state index contributed by atoms with van der Waals surface area (Å²) in [6.07, 6.45) is 3.43. The summed E-state index contributed by atoms with van der Waals surface area (Å²) < 4.78 is 26.6. The lowest BCUT2D eigenvalue weighted by Crippen LogP contribution is -2.49. The number of thioether (sulfide) groups is 1. The van der Waals surface area contributed by atoms with Gasteiger partial charge in [-0.25, -0.2) is 8.42 Å². The van der Waals surface area contributed by atoms with E-state index in [1.807, 2.05) is 65.6 Å². The molecule has 0 aromatic heterocycles. The lowest BCUT2D eigenvalue weighted by atomic mass is 10.2. The van der Waals surface area contributed by atoms with Gasteiger partial charge in [-0.05, 0) is 23.8 Å². The Morgan fingerprint density at radius 1 is 1.03 bits per heavy atom. The van der Waals surface area contributed by atoms with E-state index in [-0.39, 0.29) is 12.5 Å². The van der Waals surface area contributed by atoms with E-state index >= 15 is 0 Å². The number of carbonyl (C=O) groups is 1. The molecule has 0 aliphatic carbocycles. The maximum absolute atomic E-state index is 12.6. The molecule has 0 bridgehead atoms. The summed E-state index contributed by atoms with van der Waals surface area (Å²) in [4.78, 5) is 15.5. The molecule has 6 nitrogen and oxygen atoms in total. The molecule has 0 atom stereocenters. The van der Waals surface area contributed by atoms with Crippen LogP contribution in [-0.4, -0.2) is 62.0 Å². The van der Waals surface area contributed by atoms with Crippen molar-refractivity contribution in [1.82, 2.24) is 9.21 Å². The van der Waals surface area contributed by atoms with Crippen molar-refractivity contribution in [2.45, 2.75) is 4.90 Å². The molecule has 1 heterocycles. The molecular weight excluding hydrogens is 430 g/mol. The minimum atomic E-state index is -3.48. The number of piperazine rings is 1. The molecule has 2 aromatic rings. The number of anilines is 1. The van der Waals surface area contributed by atoms with Crippen LogP contribution in [0.1, 0.15) is 5.56 Å². The van der Waals surface area contributed by atoms with Gasteiger partial charge in [0, 0.05) is 42.2 Å². The Labute approximate surface area is 188 Å². The number of nitrogens with zero attached hydrogens (tertiary/aromatic N) is 2. The van der Waals surface area contributed by atoms with Crippen LogP contribution in [0, 0.1) is 0 Å². The van der Waals surface area contributed by atoms with Gasteiger partial charge in [-0.1, -0.05) is 48.5 Å². The largest absolute Gasteiger partial charge is 0.324 e. The van der Waals surface area contributed by atoms with Crippen molar-refractivity contribution < 1.29 is 13.2 Å². The Bertz CT molecular complexity index is 1020. The first-order chi connectivity index (χ1) is 15.0. The molecule has 164 valence electrons. The third-order valence-corrected chi connectivity index (χ3v) is 7.44. The smallest absolute Gasteiger partial charge is 0.238 e. The number of amides is 1. The summed E-state index contributed by atoms with van der Waals surface area (Å²) in [6, 6.07) is 17.0. The number of hydrogen-bond acceptors (Lipinski definition) is 5. The van der Waals surface area contributed by atoms with Crippen LogP contribution >= 0.6 is 11.8 Å². The molecule has 1 aliphatic rings. The molecule has 3 rings (SSSR count). The van der Waals surface area contributed by atoms with E-state index in [4.69, 9.17) is 0 Å². The summed E-state index contributed by atoms with van der Waals surface area (Å²) >= 11 is 1.61.